The van der Waals surface area contributed by atoms with Crippen LogP contribution in [0.2, 0.25) is 0 Å². The lowest BCUT2D eigenvalue weighted by atomic mass is 10.1. The lowest BCUT2D eigenvalue weighted by Gasteiger charge is -2.28. The molecule has 9 nitrogen and oxygen atoms in total. The number of hydrogen-bond donors (Lipinski definition) is 1. The molecule has 1 N–H and O–H groups in total. The lowest BCUT2D eigenvalue weighted by molar-refractivity contribution is -0.122. The van der Waals surface area contributed by atoms with E-state index in [-0.39, 0.29) is 13.0 Å². The van der Waals surface area contributed by atoms with Gasteiger partial charge in [0.25, 0.3) is 5.91 Å². The Bertz CT molecular complexity index is 1300. The lowest BCUT2D eigenvalue weighted by Crippen LogP contribution is -2.46. The van der Waals surface area contributed by atoms with Crippen molar-refractivity contribution in [3.05, 3.63) is 78.1 Å². The van der Waals surface area contributed by atoms with E-state index in [0.717, 1.165) is 4.90 Å². The summed E-state index contributed by atoms with van der Waals surface area (Å²) in [7, 11) is 4.52. The quantitative estimate of drug-likeness (QED) is 0.459. The van der Waals surface area contributed by atoms with E-state index in [4.69, 9.17) is 14.2 Å². The zero-order valence-corrected chi connectivity index (χ0v) is 20.6. The van der Waals surface area contributed by atoms with Crippen LogP contribution in [0, 0.1) is 5.82 Å². The molecule has 37 heavy (non-hydrogen) atoms. The third-order valence-electron chi connectivity index (χ3n) is 5.99. The van der Waals surface area contributed by atoms with Gasteiger partial charge in [-0.05, 0) is 66.2 Å². The molecule has 1 fully saturated rings. The second kappa shape index (κ2) is 11.0. The Morgan fingerprint density at radius 1 is 0.946 bits per heavy atom. The summed E-state index contributed by atoms with van der Waals surface area (Å²) in [5, 5.41) is 2.69. The first-order valence-corrected chi connectivity index (χ1v) is 11.4. The Morgan fingerprint density at radius 3 is 2.24 bits per heavy atom. The van der Waals surface area contributed by atoms with Crippen LogP contribution in [-0.2, 0) is 16.1 Å². The van der Waals surface area contributed by atoms with E-state index in [1.165, 1.54) is 50.5 Å². The van der Waals surface area contributed by atoms with Crippen molar-refractivity contribution < 1.29 is 33.0 Å². The number of hydrogen-bond acceptors (Lipinski definition) is 6. The average Bonchev–Trinajstić information content (AvgIpc) is 3.21. The number of urea groups is 1. The smallest absolute Gasteiger partial charge is 0.322 e. The van der Waals surface area contributed by atoms with Crippen LogP contribution in [0.3, 0.4) is 0 Å². The molecule has 0 aromatic heterocycles. The van der Waals surface area contributed by atoms with Gasteiger partial charge in [0.2, 0.25) is 5.91 Å². The predicted octanol–water partition coefficient (Wildman–Crippen LogP) is 4.22. The number of methoxy groups -OCH3 is 3. The summed E-state index contributed by atoms with van der Waals surface area (Å²) in [6.07, 6.45) is -0.199. The van der Waals surface area contributed by atoms with Crippen molar-refractivity contribution in [3.8, 4) is 17.2 Å². The second-order valence-corrected chi connectivity index (χ2v) is 8.24. The fourth-order valence-electron chi connectivity index (χ4n) is 4.09. The number of carbonyl (C=O) groups excluding carboxylic acids is 3. The van der Waals surface area contributed by atoms with Gasteiger partial charge >= 0.3 is 6.03 Å². The van der Waals surface area contributed by atoms with E-state index in [9.17, 15) is 18.8 Å². The summed E-state index contributed by atoms with van der Waals surface area (Å²) in [6, 6.07) is 15.2. The molecule has 0 aliphatic carbocycles. The van der Waals surface area contributed by atoms with E-state index in [2.05, 4.69) is 5.32 Å². The van der Waals surface area contributed by atoms with Crippen LogP contribution in [-0.4, -0.2) is 50.1 Å². The van der Waals surface area contributed by atoms with Crippen LogP contribution in [0.25, 0.3) is 0 Å². The number of ether oxygens (including phenoxy) is 3. The average molecular weight is 508 g/mol. The van der Waals surface area contributed by atoms with Crippen LogP contribution >= 0.6 is 0 Å². The number of benzene rings is 3. The number of rotatable bonds is 8. The second-order valence-electron chi connectivity index (χ2n) is 8.24. The number of carbonyl (C=O) groups is 3. The third kappa shape index (κ3) is 5.48. The first kappa shape index (κ1) is 25.5. The molecule has 1 aliphatic rings. The topological polar surface area (TPSA) is 97.4 Å². The fraction of sp³-hybridized carbons (Fsp3) is 0.222. The molecule has 192 valence electrons. The summed E-state index contributed by atoms with van der Waals surface area (Å²) in [5.41, 5.74) is 1.37. The van der Waals surface area contributed by atoms with Gasteiger partial charge in [0, 0.05) is 12.2 Å². The molecule has 1 atom stereocenters. The highest BCUT2D eigenvalue weighted by atomic mass is 19.1. The molecule has 1 unspecified atom stereocenters. The van der Waals surface area contributed by atoms with E-state index < -0.39 is 29.7 Å². The number of nitrogens with one attached hydrogen (secondary N) is 1. The maximum Gasteiger partial charge on any atom is 0.322 e. The normalized spacial score (nSPS) is 14.9. The molecule has 3 aromatic carbocycles. The number of halogens is 1. The van der Waals surface area contributed by atoms with Gasteiger partial charge in [-0.2, -0.15) is 0 Å². The Hall–Kier alpha value is -4.60. The van der Waals surface area contributed by atoms with Gasteiger partial charge in [0.15, 0.2) is 11.5 Å². The molecule has 10 heteroatoms. The van der Waals surface area contributed by atoms with Gasteiger partial charge in [0.1, 0.15) is 17.6 Å². The van der Waals surface area contributed by atoms with Gasteiger partial charge in [-0.1, -0.05) is 6.07 Å². The molecule has 4 amide bonds. The predicted molar refractivity (Wildman–Crippen MR) is 134 cm³/mol. The molecule has 0 radical (unpaired) electrons. The van der Waals surface area contributed by atoms with Gasteiger partial charge in [-0.3, -0.25) is 9.59 Å². The van der Waals surface area contributed by atoms with Crippen molar-refractivity contribution in [3.63, 3.8) is 0 Å². The molecule has 3 aromatic rings. The van der Waals surface area contributed by atoms with Gasteiger partial charge < -0.3 is 24.4 Å². The fourth-order valence-corrected chi connectivity index (χ4v) is 4.09. The molecule has 4 rings (SSSR count). The highest BCUT2D eigenvalue weighted by Gasteiger charge is 2.44. The van der Waals surface area contributed by atoms with Crippen LogP contribution in [0.1, 0.15) is 12.0 Å². The molecule has 0 bridgehead atoms. The SMILES string of the molecule is COc1ccc(N2C(=O)CC(N(Cc3ccc(OC)c(OC)c3)C(=O)Nc3ccc(F)cc3)C2=O)cc1. The largest absolute Gasteiger partial charge is 0.497 e. The maximum atomic E-state index is 13.5. The van der Waals surface area contributed by atoms with Crippen molar-refractivity contribution in [2.24, 2.45) is 0 Å². The Labute approximate surface area is 213 Å². The minimum atomic E-state index is -1.07. The van der Waals surface area contributed by atoms with Crippen LogP contribution in [0.15, 0.2) is 66.7 Å². The Morgan fingerprint density at radius 2 is 1.62 bits per heavy atom. The monoisotopic (exact) mass is 507 g/mol. The minimum absolute atomic E-state index is 0.00643. The van der Waals surface area contributed by atoms with E-state index >= 15 is 0 Å². The molecule has 1 heterocycles. The summed E-state index contributed by atoms with van der Waals surface area (Å²) in [4.78, 5) is 42.2. The molecular weight excluding hydrogens is 481 g/mol. The summed E-state index contributed by atoms with van der Waals surface area (Å²) in [6.45, 7) is -0.00643. The van der Waals surface area contributed by atoms with Crippen molar-refractivity contribution >= 4 is 29.2 Å². The van der Waals surface area contributed by atoms with Crippen LogP contribution < -0.4 is 24.4 Å². The highest BCUT2D eigenvalue weighted by Crippen LogP contribution is 2.31. The number of imide groups is 1. The zero-order chi connectivity index (χ0) is 26.5. The number of amides is 4. The highest BCUT2D eigenvalue weighted by molar-refractivity contribution is 6.23. The van der Waals surface area contributed by atoms with Gasteiger partial charge in [-0.25, -0.2) is 14.1 Å². The van der Waals surface area contributed by atoms with Crippen LogP contribution in [0.5, 0.6) is 17.2 Å². The Balaban J connectivity index is 1.65. The number of nitrogens with zero attached hydrogens (tertiary/aromatic N) is 2. The van der Waals surface area contributed by atoms with E-state index in [1.54, 1.807) is 42.5 Å². The molecule has 0 spiro atoms. The van der Waals surface area contributed by atoms with E-state index in [1.807, 2.05) is 0 Å². The van der Waals surface area contributed by atoms with E-state index in [0.29, 0.717) is 34.2 Å². The first-order valence-electron chi connectivity index (χ1n) is 11.4. The zero-order valence-electron chi connectivity index (χ0n) is 20.6. The Kier molecular flexibility index (Phi) is 7.57. The number of anilines is 2. The minimum Gasteiger partial charge on any atom is -0.497 e. The third-order valence-corrected chi connectivity index (χ3v) is 5.99. The van der Waals surface area contributed by atoms with Gasteiger partial charge in [0.05, 0.1) is 33.4 Å². The van der Waals surface area contributed by atoms with Crippen LogP contribution in [0.4, 0.5) is 20.6 Å². The molecule has 0 saturated carbocycles. The maximum absolute atomic E-state index is 13.5. The van der Waals surface area contributed by atoms with Gasteiger partial charge in [-0.15, -0.1) is 0 Å². The summed E-state index contributed by atoms with van der Waals surface area (Å²) >= 11 is 0. The van der Waals surface area contributed by atoms with Crippen molar-refractivity contribution in [1.82, 2.24) is 4.90 Å². The van der Waals surface area contributed by atoms with Crippen molar-refractivity contribution in [1.29, 1.82) is 0 Å². The molecule has 1 aliphatic heterocycles. The van der Waals surface area contributed by atoms with Crippen molar-refractivity contribution in [2.75, 3.05) is 31.5 Å². The molecule has 1 saturated heterocycles. The van der Waals surface area contributed by atoms with Crippen molar-refractivity contribution in [2.45, 2.75) is 19.0 Å². The summed E-state index contributed by atoms with van der Waals surface area (Å²) in [5.74, 6) is 0.107. The molecular formula is C27H26FN3O6. The standard InChI is InChI=1S/C27H26FN3O6/c1-35-21-11-9-20(10-12-21)31-25(32)15-22(26(31)33)30(27(34)29-19-7-5-18(28)6-8-19)16-17-4-13-23(36-2)24(14-17)37-3/h4-14,22H,15-16H2,1-3H3,(H,29,34). The summed E-state index contributed by atoms with van der Waals surface area (Å²) < 4.78 is 29.1. The first-order chi connectivity index (χ1) is 17.8.